The lowest BCUT2D eigenvalue weighted by atomic mass is 10.1. The molecule has 1 amide bonds. The molecular formula is C11H16IN3O2. The molecule has 0 aliphatic carbocycles. The maximum atomic E-state index is 11.7. The number of halogens is 1. The molecule has 2 rings (SSSR count). The number of likely N-dealkylation sites (tertiary alicyclic amines) is 1. The lowest BCUT2D eigenvalue weighted by Crippen LogP contribution is -2.52. The fourth-order valence-corrected chi connectivity index (χ4v) is 2.33. The zero-order chi connectivity index (χ0) is 12.6. The number of amides is 1. The van der Waals surface area contributed by atoms with Gasteiger partial charge in [0.1, 0.15) is 5.60 Å². The van der Waals surface area contributed by atoms with E-state index < -0.39 is 5.60 Å². The van der Waals surface area contributed by atoms with E-state index in [0.29, 0.717) is 13.1 Å². The highest BCUT2D eigenvalue weighted by Crippen LogP contribution is 2.24. The zero-order valence-electron chi connectivity index (χ0n) is 10.2. The second-order valence-corrected chi connectivity index (χ2v) is 6.24. The lowest BCUT2D eigenvalue weighted by Gasteiger charge is -2.39. The van der Waals surface area contributed by atoms with Crippen LogP contribution in [0.4, 0.5) is 4.79 Å². The summed E-state index contributed by atoms with van der Waals surface area (Å²) < 4.78 is 8.33. The molecule has 1 aliphatic heterocycles. The van der Waals surface area contributed by atoms with Crippen LogP contribution in [-0.4, -0.2) is 39.5 Å². The fourth-order valence-electron chi connectivity index (χ4n) is 1.65. The van der Waals surface area contributed by atoms with Crippen molar-refractivity contribution in [2.45, 2.75) is 32.4 Å². The number of rotatable bonds is 1. The maximum Gasteiger partial charge on any atom is 0.410 e. The van der Waals surface area contributed by atoms with Crippen molar-refractivity contribution in [1.29, 1.82) is 0 Å². The molecule has 0 bridgehead atoms. The highest BCUT2D eigenvalue weighted by Gasteiger charge is 2.35. The Morgan fingerprint density at radius 3 is 2.65 bits per heavy atom. The number of aromatic nitrogens is 2. The molecule has 0 atom stereocenters. The Hall–Kier alpha value is -0.790. The van der Waals surface area contributed by atoms with Crippen molar-refractivity contribution in [2.24, 2.45) is 0 Å². The molecule has 0 unspecified atom stereocenters. The number of hydrogen-bond acceptors (Lipinski definition) is 3. The van der Waals surface area contributed by atoms with Gasteiger partial charge in [0.2, 0.25) is 0 Å². The van der Waals surface area contributed by atoms with Crippen molar-refractivity contribution in [3.05, 3.63) is 16.0 Å². The first-order valence-electron chi connectivity index (χ1n) is 5.54. The van der Waals surface area contributed by atoms with E-state index in [1.807, 2.05) is 31.5 Å². The van der Waals surface area contributed by atoms with Crippen molar-refractivity contribution in [1.82, 2.24) is 14.7 Å². The third-order valence-corrected chi connectivity index (χ3v) is 3.34. The van der Waals surface area contributed by atoms with Gasteiger partial charge in [-0.3, -0.25) is 4.68 Å². The maximum absolute atomic E-state index is 11.7. The van der Waals surface area contributed by atoms with Crippen molar-refractivity contribution < 1.29 is 9.53 Å². The first-order valence-corrected chi connectivity index (χ1v) is 6.61. The van der Waals surface area contributed by atoms with Gasteiger partial charge in [-0.05, 0) is 49.4 Å². The Bertz CT molecular complexity index is 419. The molecule has 0 spiro atoms. The first-order chi connectivity index (χ1) is 7.87. The summed E-state index contributed by atoms with van der Waals surface area (Å²) in [5.74, 6) is 0. The summed E-state index contributed by atoms with van der Waals surface area (Å²) >= 11 is 2.24. The van der Waals surface area contributed by atoms with Crippen molar-refractivity contribution in [2.75, 3.05) is 13.1 Å². The van der Waals surface area contributed by atoms with E-state index in [2.05, 4.69) is 27.7 Å². The topological polar surface area (TPSA) is 47.4 Å². The quantitative estimate of drug-likeness (QED) is 0.731. The molecular weight excluding hydrogens is 333 g/mol. The third-order valence-electron chi connectivity index (χ3n) is 2.48. The van der Waals surface area contributed by atoms with Crippen LogP contribution >= 0.6 is 22.6 Å². The fraction of sp³-hybridized carbons (Fsp3) is 0.636. The van der Waals surface area contributed by atoms with Gasteiger partial charge >= 0.3 is 6.09 Å². The number of carbonyl (C=O) groups is 1. The number of nitrogens with zero attached hydrogens (tertiary/aromatic N) is 3. The minimum atomic E-state index is -0.428. The summed E-state index contributed by atoms with van der Waals surface area (Å²) in [6, 6.07) is 2.24. The van der Waals surface area contributed by atoms with E-state index in [-0.39, 0.29) is 12.1 Å². The van der Waals surface area contributed by atoms with Crippen LogP contribution in [0.5, 0.6) is 0 Å². The standard InChI is InChI=1S/C11H16IN3O2/c1-11(2,3)17-10(16)14-6-8(7-14)15-9(12)4-5-13-15/h4-5,8H,6-7H2,1-3H3. The van der Waals surface area contributed by atoms with E-state index in [1.54, 1.807) is 11.1 Å². The number of hydrogen-bond donors (Lipinski definition) is 0. The third kappa shape index (κ3) is 2.91. The van der Waals surface area contributed by atoms with Gasteiger partial charge in [-0.1, -0.05) is 0 Å². The molecule has 0 aromatic carbocycles. The predicted octanol–water partition coefficient (Wildman–Crippen LogP) is 2.28. The second-order valence-electron chi connectivity index (χ2n) is 5.14. The Morgan fingerprint density at radius 1 is 1.53 bits per heavy atom. The molecule has 6 heteroatoms. The Balaban J connectivity index is 1.87. The molecule has 0 saturated carbocycles. The normalized spacial score (nSPS) is 16.8. The van der Waals surface area contributed by atoms with Crippen LogP contribution in [0.3, 0.4) is 0 Å². The van der Waals surface area contributed by atoms with Gasteiger partial charge in [0.15, 0.2) is 0 Å². The predicted molar refractivity (Wildman–Crippen MR) is 71.8 cm³/mol. The summed E-state index contributed by atoms with van der Waals surface area (Å²) in [4.78, 5) is 13.4. The summed E-state index contributed by atoms with van der Waals surface area (Å²) in [6.45, 7) is 6.97. The van der Waals surface area contributed by atoms with E-state index in [1.165, 1.54) is 0 Å². The zero-order valence-corrected chi connectivity index (χ0v) is 12.3. The van der Waals surface area contributed by atoms with Crippen LogP contribution < -0.4 is 0 Å². The molecule has 1 aromatic rings. The van der Waals surface area contributed by atoms with Crippen LogP contribution in [-0.2, 0) is 4.74 Å². The molecule has 0 radical (unpaired) electrons. The van der Waals surface area contributed by atoms with Crippen LogP contribution in [0.1, 0.15) is 26.8 Å². The molecule has 17 heavy (non-hydrogen) atoms. The molecule has 2 heterocycles. The average molecular weight is 349 g/mol. The van der Waals surface area contributed by atoms with Gasteiger partial charge in [0, 0.05) is 13.1 Å². The Kier molecular flexibility index (Phi) is 3.33. The minimum Gasteiger partial charge on any atom is -0.444 e. The summed E-state index contributed by atoms with van der Waals surface area (Å²) in [6.07, 6.45) is 1.54. The van der Waals surface area contributed by atoms with Crippen LogP contribution in [0.25, 0.3) is 0 Å². The monoisotopic (exact) mass is 349 g/mol. The molecule has 1 fully saturated rings. The van der Waals surface area contributed by atoms with Gasteiger partial charge in [-0.25, -0.2) is 4.79 Å². The van der Waals surface area contributed by atoms with Crippen LogP contribution in [0.2, 0.25) is 0 Å². The van der Waals surface area contributed by atoms with E-state index in [0.717, 1.165) is 3.70 Å². The molecule has 1 aromatic heterocycles. The van der Waals surface area contributed by atoms with E-state index in [9.17, 15) is 4.79 Å². The Labute approximate surface area is 114 Å². The molecule has 1 aliphatic rings. The lowest BCUT2D eigenvalue weighted by molar-refractivity contribution is -0.000718. The van der Waals surface area contributed by atoms with Crippen LogP contribution in [0.15, 0.2) is 12.3 Å². The highest BCUT2D eigenvalue weighted by molar-refractivity contribution is 14.1. The van der Waals surface area contributed by atoms with Gasteiger partial charge in [-0.2, -0.15) is 5.10 Å². The average Bonchev–Trinajstić information content (AvgIpc) is 2.46. The number of carbonyl (C=O) groups excluding carboxylic acids is 1. The summed E-state index contributed by atoms with van der Waals surface area (Å²) in [7, 11) is 0. The van der Waals surface area contributed by atoms with Gasteiger partial charge in [0.05, 0.1) is 15.9 Å². The summed E-state index contributed by atoms with van der Waals surface area (Å²) in [5, 5.41) is 4.24. The first kappa shape index (κ1) is 12.7. The van der Waals surface area contributed by atoms with Gasteiger partial charge in [0.25, 0.3) is 0 Å². The molecule has 0 N–H and O–H groups in total. The van der Waals surface area contributed by atoms with Crippen LogP contribution in [0, 0.1) is 3.70 Å². The Morgan fingerprint density at radius 2 is 2.18 bits per heavy atom. The van der Waals surface area contributed by atoms with Crippen molar-refractivity contribution >= 4 is 28.7 Å². The largest absolute Gasteiger partial charge is 0.444 e. The minimum absolute atomic E-state index is 0.240. The smallest absolute Gasteiger partial charge is 0.410 e. The van der Waals surface area contributed by atoms with Crippen molar-refractivity contribution in [3.63, 3.8) is 0 Å². The SMILES string of the molecule is CC(C)(C)OC(=O)N1CC(n2nccc2I)C1. The molecule has 1 saturated heterocycles. The number of ether oxygens (including phenoxy) is 1. The van der Waals surface area contributed by atoms with Gasteiger partial charge < -0.3 is 9.64 Å². The molecule has 5 nitrogen and oxygen atoms in total. The second kappa shape index (κ2) is 4.47. The highest BCUT2D eigenvalue weighted by atomic mass is 127. The van der Waals surface area contributed by atoms with Crippen molar-refractivity contribution in [3.8, 4) is 0 Å². The van der Waals surface area contributed by atoms with Gasteiger partial charge in [-0.15, -0.1) is 0 Å². The summed E-state index contributed by atoms with van der Waals surface area (Å²) in [5.41, 5.74) is -0.428. The van der Waals surface area contributed by atoms with E-state index in [4.69, 9.17) is 4.74 Å². The van der Waals surface area contributed by atoms with E-state index >= 15 is 0 Å². The molecule has 94 valence electrons.